The Balaban J connectivity index is 1.81. The lowest BCUT2D eigenvalue weighted by atomic mass is 10.2. The van der Waals surface area contributed by atoms with Gasteiger partial charge in [-0.25, -0.2) is 4.79 Å². The van der Waals surface area contributed by atoms with Crippen molar-refractivity contribution in [1.82, 2.24) is 10.6 Å². The topological polar surface area (TPSA) is 59.6 Å². The molecule has 1 heterocycles. The van der Waals surface area contributed by atoms with Crippen LogP contribution in [0.25, 0.3) is 0 Å². The molecule has 19 heavy (non-hydrogen) atoms. The molecule has 0 saturated heterocycles. The van der Waals surface area contributed by atoms with Gasteiger partial charge in [-0.15, -0.1) is 0 Å². The number of carbonyl (C=O) groups is 1. The highest BCUT2D eigenvalue weighted by Crippen LogP contribution is 2.32. The van der Waals surface area contributed by atoms with E-state index in [0.717, 1.165) is 0 Å². The molecule has 0 spiro atoms. The van der Waals surface area contributed by atoms with E-state index in [4.69, 9.17) is 9.47 Å². The molecule has 0 fully saturated rings. The van der Waals surface area contributed by atoms with Gasteiger partial charge in [-0.05, 0) is 17.7 Å². The molecule has 1 aliphatic rings. The summed E-state index contributed by atoms with van der Waals surface area (Å²) >= 11 is 0. The second kappa shape index (κ2) is 5.25. The minimum atomic E-state index is -4.42. The first-order chi connectivity index (χ1) is 8.94. The summed E-state index contributed by atoms with van der Waals surface area (Å²) in [5.74, 6) is 1.15. The zero-order valence-corrected chi connectivity index (χ0v) is 9.71. The highest BCUT2D eigenvalue weighted by atomic mass is 19.4. The number of carbonyl (C=O) groups excluding carboxylic acids is 1. The molecule has 0 aliphatic carbocycles. The molecule has 2 rings (SSSR count). The van der Waals surface area contributed by atoms with Gasteiger partial charge >= 0.3 is 12.2 Å². The largest absolute Gasteiger partial charge is 0.454 e. The van der Waals surface area contributed by atoms with Crippen LogP contribution < -0.4 is 20.1 Å². The predicted molar refractivity (Wildman–Crippen MR) is 58.9 cm³/mol. The van der Waals surface area contributed by atoms with E-state index in [1.54, 1.807) is 23.5 Å². The van der Waals surface area contributed by atoms with E-state index in [9.17, 15) is 18.0 Å². The number of ether oxygens (including phenoxy) is 2. The van der Waals surface area contributed by atoms with Gasteiger partial charge < -0.3 is 20.1 Å². The molecule has 0 atom stereocenters. The maximum Gasteiger partial charge on any atom is 0.405 e. The SMILES string of the molecule is O=C(NCc1ccc2c(c1)OCO2)NCC(F)(F)F. The summed E-state index contributed by atoms with van der Waals surface area (Å²) in [7, 11) is 0. The molecule has 104 valence electrons. The number of halogens is 3. The van der Waals surface area contributed by atoms with E-state index in [1.165, 1.54) is 0 Å². The molecule has 1 aromatic carbocycles. The van der Waals surface area contributed by atoms with Crippen LogP contribution in [-0.4, -0.2) is 25.5 Å². The van der Waals surface area contributed by atoms with Gasteiger partial charge in [0.1, 0.15) is 6.54 Å². The zero-order valence-electron chi connectivity index (χ0n) is 9.71. The van der Waals surface area contributed by atoms with E-state index < -0.39 is 18.8 Å². The fraction of sp³-hybridized carbons (Fsp3) is 0.364. The van der Waals surface area contributed by atoms with Crippen molar-refractivity contribution in [2.75, 3.05) is 13.3 Å². The third kappa shape index (κ3) is 3.94. The highest BCUT2D eigenvalue weighted by molar-refractivity contribution is 5.73. The number of amides is 2. The molecule has 1 aliphatic heterocycles. The predicted octanol–water partition coefficient (Wildman–Crippen LogP) is 1.78. The number of hydrogen-bond donors (Lipinski definition) is 2. The Hall–Kier alpha value is -2.12. The summed E-state index contributed by atoms with van der Waals surface area (Å²) in [6.45, 7) is -1.13. The number of nitrogens with one attached hydrogen (secondary N) is 2. The molecule has 0 radical (unpaired) electrons. The van der Waals surface area contributed by atoms with Crippen molar-refractivity contribution in [3.63, 3.8) is 0 Å². The van der Waals surface area contributed by atoms with Crippen molar-refractivity contribution < 1.29 is 27.4 Å². The van der Waals surface area contributed by atoms with Crippen LogP contribution in [-0.2, 0) is 6.54 Å². The molecule has 0 aromatic heterocycles. The summed E-state index contributed by atoms with van der Waals surface area (Å²) in [5, 5.41) is 4.03. The fourth-order valence-electron chi connectivity index (χ4n) is 1.48. The normalized spacial score (nSPS) is 13.2. The van der Waals surface area contributed by atoms with Crippen molar-refractivity contribution in [2.45, 2.75) is 12.7 Å². The Labute approximate surface area is 106 Å². The summed E-state index contributed by atoms with van der Waals surface area (Å²) < 4.78 is 45.8. The first-order valence-electron chi connectivity index (χ1n) is 5.41. The summed E-state index contributed by atoms with van der Waals surface area (Å²) in [6, 6.07) is 4.15. The molecule has 2 amide bonds. The van der Waals surface area contributed by atoms with E-state index >= 15 is 0 Å². The summed E-state index contributed by atoms with van der Waals surface area (Å²) in [6.07, 6.45) is -4.42. The van der Waals surface area contributed by atoms with Crippen LogP contribution in [0, 0.1) is 0 Å². The third-order valence-corrected chi connectivity index (χ3v) is 2.34. The molecule has 2 N–H and O–H groups in total. The molecule has 1 aromatic rings. The molecular weight excluding hydrogens is 265 g/mol. The maximum absolute atomic E-state index is 11.9. The van der Waals surface area contributed by atoms with Crippen LogP contribution >= 0.6 is 0 Å². The number of urea groups is 1. The fourth-order valence-corrected chi connectivity index (χ4v) is 1.48. The van der Waals surface area contributed by atoms with Crippen LogP contribution in [0.5, 0.6) is 11.5 Å². The Kier molecular flexibility index (Phi) is 3.68. The number of rotatable bonds is 3. The lowest BCUT2D eigenvalue weighted by molar-refractivity contribution is -0.122. The molecule has 0 saturated carbocycles. The quantitative estimate of drug-likeness (QED) is 0.884. The van der Waals surface area contributed by atoms with Gasteiger partial charge in [-0.3, -0.25) is 0 Å². The van der Waals surface area contributed by atoms with Crippen LogP contribution in [0.2, 0.25) is 0 Å². The Morgan fingerprint density at radius 3 is 2.68 bits per heavy atom. The van der Waals surface area contributed by atoms with E-state index in [0.29, 0.717) is 17.1 Å². The van der Waals surface area contributed by atoms with Gasteiger partial charge in [0, 0.05) is 6.54 Å². The molecular formula is C11H11F3N2O3. The first-order valence-corrected chi connectivity index (χ1v) is 5.41. The first kappa shape index (κ1) is 13.3. The average Bonchev–Trinajstić information content (AvgIpc) is 2.80. The zero-order chi connectivity index (χ0) is 13.9. The van der Waals surface area contributed by atoms with Gasteiger partial charge in [-0.2, -0.15) is 13.2 Å². The summed E-state index contributed by atoms with van der Waals surface area (Å²) in [5.41, 5.74) is 0.700. The van der Waals surface area contributed by atoms with Crippen molar-refractivity contribution in [1.29, 1.82) is 0 Å². The number of fused-ring (bicyclic) bond motifs is 1. The summed E-state index contributed by atoms with van der Waals surface area (Å²) in [4.78, 5) is 11.1. The molecule has 0 bridgehead atoms. The number of alkyl halides is 3. The molecule has 0 unspecified atom stereocenters. The van der Waals surface area contributed by atoms with Crippen molar-refractivity contribution in [3.05, 3.63) is 23.8 Å². The van der Waals surface area contributed by atoms with Crippen LogP contribution in [0.3, 0.4) is 0 Å². The smallest absolute Gasteiger partial charge is 0.405 e. The third-order valence-electron chi connectivity index (χ3n) is 2.34. The van der Waals surface area contributed by atoms with Crippen LogP contribution in [0.15, 0.2) is 18.2 Å². The Morgan fingerprint density at radius 2 is 1.95 bits per heavy atom. The molecule has 8 heteroatoms. The van der Waals surface area contributed by atoms with Crippen LogP contribution in [0.1, 0.15) is 5.56 Å². The van der Waals surface area contributed by atoms with E-state index in [1.807, 2.05) is 0 Å². The number of benzene rings is 1. The average molecular weight is 276 g/mol. The standard InChI is InChI=1S/C11H11F3N2O3/c12-11(13,14)5-16-10(17)15-4-7-1-2-8-9(3-7)19-6-18-8/h1-3H,4-6H2,(H2,15,16,17). The maximum atomic E-state index is 11.9. The highest BCUT2D eigenvalue weighted by Gasteiger charge is 2.27. The Morgan fingerprint density at radius 1 is 1.21 bits per heavy atom. The van der Waals surface area contributed by atoms with Crippen molar-refractivity contribution in [3.8, 4) is 11.5 Å². The molecule has 5 nitrogen and oxygen atoms in total. The van der Waals surface area contributed by atoms with E-state index in [-0.39, 0.29) is 13.3 Å². The minimum Gasteiger partial charge on any atom is -0.454 e. The van der Waals surface area contributed by atoms with Gasteiger partial charge in [0.15, 0.2) is 11.5 Å². The van der Waals surface area contributed by atoms with Gasteiger partial charge in [-0.1, -0.05) is 6.07 Å². The number of hydrogen-bond acceptors (Lipinski definition) is 3. The van der Waals surface area contributed by atoms with Gasteiger partial charge in [0.2, 0.25) is 6.79 Å². The monoisotopic (exact) mass is 276 g/mol. The minimum absolute atomic E-state index is 0.0976. The second-order valence-corrected chi connectivity index (χ2v) is 3.84. The van der Waals surface area contributed by atoms with Crippen molar-refractivity contribution in [2.24, 2.45) is 0 Å². The van der Waals surface area contributed by atoms with Crippen LogP contribution in [0.4, 0.5) is 18.0 Å². The lowest BCUT2D eigenvalue weighted by Gasteiger charge is -2.10. The second-order valence-electron chi connectivity index (χ2n) is 3.84. The van der Waals surface area contributed by atoms with Gasteiger partial charge in [0.25, 0.3) is 0 Å². The van der Waals surface area contributed by atoms with E-state index in [2.05, 4.69) is 5.32 Å². The van der Waals surface area contributed by atoms with Crippen molar-refractivity contribution >= 4 is 6.03 Å². The Bertz CT molecular complexity index is 477. The van der Waals surface area contributed by atoms with Gasteiger partial charge in [0.05, 0.1) is 0 Å². The lowest BCUT2D eigenvalue weighted by Crippen LogP contribution is -2.40.